The van der Waals surface area contributed by atoms with E-state index in [1.165, 1.54) is 16.7 Å². The molecule has 0 aliphatic heterocycles. The maximum atomic E-state index is 9.85. The van der Waals surface area contributed by atoms with Gasteiger partial charge in [0.1, 0.15) is 0 Å². The summed E-state index contributed by atoms with van der Waals surface area (Å²) in [7, 11) is 0. The largest absolute Gasteiger partial charge is 0.388 e. The summed E-state index contributed by atoms with van der Waals surface area (Å²) in [6.45, 7) is 0. The zero-order valence-corrected chi connectivity index (χ0v) is 9.06. The standard InChI is InChI=1S/C15H14O/c16-15-9-8-12-6-7-13(10-14(12)15)11-4-2-1-3-5-11/h1-7,10,15-16H,8-9H2. The molecule has 0 heterocycles. The molecule has 0 saturated carbocycles. The molecule has 1 unspecified atom stereocenters. The van der Waals surface area contributed by atoms with E-state index in [0.717, 1.165) is 18.4 Å². The highest BCUT2D eigenvalue weighted by atomic mass is 16.3. The van der Waals surface area contributed by atoms with Gasteiger partial charge in [-0.3, -0.25) is 0 Å². The van der Waals surface area contributed by atoms with E-state index in [4.69, 9.17) is 0 Å². The molecule has 16 heavy (non-hydrogen) atoms. The number of aliphatic hydroxyl groups is 1. The van der Waals surface area contributed by atoms with Gasteiger partial charge in [0.15, 0.2) is 0 Å². The normalized spacial score (nSPS) is 18.4. The first kappa shape index (κ1) is 9.61. The molecule has 0 saturated heterocycles. The van der Waals surface area contributed by atoms with E-state index in [0.29, 0.717) is 0 Å². The van der Waals surface area contributed by atoms with Crippen molar-refractivity contribution in [2.24, 2.45) is 0 Å². The molecule has 0 aromatic heterocycles. The minimum atomic E-state index is -0.265. The van der Waals surface area contributed by atoms with E-state index < -0.39 is 0 Å². The Labute approximate surface area is 95.4 Å². The van der Waals surface area contributed by atoms with Crippen molar-refractivity contribution >= 4 is 0 Å². The van der Waals surface area contributed by atoms with Crippen LogP contribution in [0.25, 0.3) is 11.1 Å². The average Bonchev–Trinajstić information content (AvgIpc) is 2.72. The summed E-state index contributed by atoms with van der Waals surface area (Å²) in [5.74, 6) is 0. The van der Waals surface area contributed by atoms with Gasteiger partial charge in [-0.05, 0) is 41.2 Å². The third-order valence-corrected chi connectivity index (χ3v) is 3.30. The lowest BCUT2D eigenvalue weighted by molar-refractivity contribution is 0.180. The third-order valence-electron chi connectivity index (χ3n) is 3.30. The predicted octanol–water partition coefficient (Wildman–Crippen LogP) is 3.33. The van der Waals surface area contributed by atoms with Gasteiger partial charge in [0, 0.05) is 0 Å². The fraction of sp³-hybridized carbons (Fsp3) is 0.200. The highest BCUT2D eigenvalue weighted by Gasteiger charge is 2.20. The first-order valence-electron chi connectivity index (χ1n) is 5.71. The fourth-order valence-corrected chi connectivity index (χ4v) is 2.39. The van der Waals surface area contributed by atoms with Crippen molar-refractivity contribution in [3.8, 4) is 11.1 Å². The molecule has 0 bridgehead atoms. The molecule has 2 aromatic rings. The fourth-order valence-electron chi connectivity index (χ4n) is 2.39. The van der Waals surface area contributed by atoms with Crippen LogP contribution >= 0.6 is 0 Å². The number of aryl methyl sites for hydroxylation is 1. The Morgan fingerprint density at radius 2 is 1.75 bits per heavy atom. The first-order chi connectivity index (χ1) is 7.84. The predicted molar refractivity (Wildman–Crippen MR) is 65.2 cm³/mol. The summed E-state index contributed by atoms with van der Waals surface area (Å²) in [4.78, 5) is 0. The van der Waals surface area contributed by atoms with E-state index in [-0.39, 0.29) is 6.10 Å². The van der Waals surface area contributed by atoms with Gasteiger partial charge >= 0.3 is 0 Å². The van der Waals surface area contributed by atoms with Crippen LogP contribution < -0.4 is 0 Å². The Kier molecular flexibility index (Phi) is 2.26. The molecule has 1 nitrogen and oxygen atoms in total. The van der Waals surface area contributed by atoms with Crippen LogP contribution in [0.4, 0.5) is 0 Å². The summed E-state index contributed by atoms with van der Waals surface area (Å²) in [5, 5.41) is 9.85. The molecule has 80 valence electrons. The van der Waals surface area contributed by atoms with Gasteiger partial charge in [-0.15, -0.1) is 0 Å². The molecule has 0 amide bonds. The molecule has 1 aliphatic rings. The summed E-state index contributed by atoms with van der Waals surface area (Å²) in [5.41, 5.74) is 4.82. The summed E-state index contributed by atoms with van der Waals surface area (Å²) >= 11 is 0. The monoisotopic (exact) mass is 210 g/mol. The number of fused-ring (bicyclic) bond motifs is 1. The van der Waals surface area contributed by atoms with Gasteiger partial charge in [-0.1, -0.05) is 42.5 Å². The lowest BCUT2D eigenvalue weighted by Gasteiger charge is -2.07. The highest BCUT2D eigenvalue weighted by molar-refractivity contribution is 5.65. The van der Waals surface area contributed by atoms with Gasteiger partial charge in [0.25, 0.3) is 0 Å². The van der Waals surface area contributed by atoms with Crippen molar-refractivity contribution in [3.63, 3.8) is 0 Å². The maximum absolute atomic E-state index is 9.85. The summed E-state index contributed by atoms with van der Waals surface area (Å²) in [6.07, 6.45) is 1.61. The molecule has 0 radical (unpaired) electrons. The molecule has 3 rings (SSSR count). The van der Waals surface area contributed by atoms with E-state index in [2.05, 4.69) is 30.3 Å². The topological polar surface area (TPSA) is 20.2 Å². The smallest absolute Gasteiger partial charge is 0.0796 e. The Morgan fingerprint density at radius 3 is 2.56 bits per heavy atom. The first-order valence-corrected chi connectivity index (χ1v) is 5.71. The number of benzene rings is 2. The lowest BCUT2D eigenvalue weighted by Crippen LogP contribution is -1.90. The van der Waals surface area contributed by atoms with Crippen molar-refractivity contribution in [1.82, 2.24) is 0 Å². The molecule has 1 aliphatic carbocycles. The SMILES string of the molecule is OC1CCc2ccc(-c3ccccc3)cc21. The zero-order chi connectivity index (χ0) is 11.0. The number of aliphatic hydroxyl groups excluding tert-OH is 1. The average molecular weight is 210 g/mol. The number of hydrogen-bond acceptors (Lipinski definition) is 1. The summed E-state index contributed by atoms with van der Waals surface area (Å²) in [6, 6.07) is 16.7. The van der Waals surface area contributed by atoms with Crippen LogP contribution in [-0.2, 0) is 6.42 Å². The van der Waals surface area contributed by atoms with Gasteiger partial charge in [-0.25, -0.2) is 0 Å². The van der Waals surface area contributed by atoms with Crippen LogP contribution in [0.3, 0.4) is 0 Å². The molecular weight excluding hydrogens is 196 g/mol. The molecule has 2 aromatic carbocycles. The Bertz CT molecular complexity index is 502. The van der Waals surface area contributed by atoms with Crippen LogP contribution in [-0.4, -0.2) is 5.11 Å². The minimum Gasteiger partial charge on any atom is -0.388 e. The Morgan fingerprint density at radius 1 is 0.938 bits per heavy atom. The summed E-state index contributed by atoms with van der Waals surface area (Å²) < 4.78 is 0. The molecule has 1 heteroatoms. The second-order valence-corrected chi connectivity index (χ2v) is 4.33. The third kappa shape index (κ3) is 1.54. The molecule has 0 fully saturated rings. The zero-order valence-electron chi connectivity index (χ0n) is 9.06. The number of rotatable bonds is 1. The Hall–Kier alpha value is -1.60. The van der Waals surface area contributed by atoms with Gasteiger partial charge in [0.05, 0.1) is 6.10 Å². The van der Waals surface area contributed by atoms with Crippen molar-refractivity contribution in [3.05, 3.63) is 59.7 Å². The molecular formula is C15H14O. The van der Waals surface area contributed by atoms with Crippen LogP contribution in [0.5, 0.6) is 0 Å². The minimum absolute atomic E-state index is 0.265. The maximum Gasteiger partial charge on any atom is 0.0796 e. The lowest BCUT2D eigenvalue weighted by atomic mass is 10.0. The Balaban J connectivity index is 2.08. The molecule has 1 N–H and O–H groups in total. The van der Waals surface area contributed by atoms with Crippen LogP contribution in [0.2, 0.25) is 0 Å². The van der Waals surface area contributed by atoms with Gasteiger partial charge < -0.3 is 5.11 Å². The van der Waals surface area contributed by atoms with Gasteiger partial charge in [0.2, 0.25) is 0 Å². The molecule has 1 atom stereocenters. The molecule has 0 spiro atoms. The van der Waals surface area contributed by atoms with E-state index in [1.54, 1.807) is 0 Å². The van der Waals surface area contributed by atoms with Crippen molar-refractivity contribution in [2.45, 2.75) is 18.9 Å². The second-order valence-electron chi connectivity index (χ2n) is 4.33. The van der Waals surface area contributed by atoms with Gasteiger partial charge in [-0.2, -0.15) is 0 Å². The quantitative estimate of drug-likeness (QED) is 0.765. The number of hydrogen-bond donors (Lipinski definition) is 1. The van der Waals surface area contributed by atoms with Crippen molar-refractivity contribution in [2.75, 3.05) is 0 Å². The van der Waals surface area contributed by atoms with Crippen molar-refractivity contribution < 1.29 is 5.11 Å². The van der Waals surface area contributed by atoms with E-state index >= 15 is 0 Å². The van der Waals surface area contributed by atoms with Crippen LogP contribution in [0.15, 0.2) is 48.5 Å². The van der Waals surface area contributed by atoms with E-state index in [1.807, 2.05) is 18.2 Å². The highest BCUT2D eigenvalue weighted by Crippen LogP contribution is 2.34. The van der Waals surface area contributed by atoms with Crippen LogP contribution in [0.1, 0.15) is 23.7 Å². The van der Waals surface area contributed by atoms with Crippen molar-refractivity contribution in [1.29, 1.82) is 0 Å². The van der Waals surface area contributed by atoms with E-state index in [9.17, 15) is 5.11 Å². The second kappa shape index (κ2) is 3.76. The van der Waals surface area contributed by atoms with Crippen LogP contribution in [0, 0.1) is 0 Å².